The van der Waals surface area contributed by atoms with Gasteiger partial charge in [-0.15, -0.1) is 0 Å². The summed E-state index contributed by atoms with van der Waals surface area (Å²) in [5.41, 5.74) is 2.34. The van der Waals surface area contributed by atoms with Gasteiger partial charge >= 0.3 is 11.9 Å². The average Bonchev–Trinajstić information content (AvgIpc) is 2.51. The molecule has 0 aliphatic carbocycles. The van der Waals surface area contributed by atoms with Crippen molar-refractivity contribution in [2.45, 2.75) is 40.2 Å². The first-order valence-electron chi connectivity index (χ1n) is 7.42. The lowest BCUT2D eigenvalue weighted by atomic mass is 10.0. The van der Waals surface area contributed by atoms with Crippen molar-refractivity contribution in [1.29, 1.82) is 0 Å². The second-order valence-corrected chi connectivity index (χ2v) is 5.23. The van der Waals surface area contributed by atoms with Crippen molar-refractivity contribution in [2.75, 3.05) is 18.6 Å². The van der Waals surface area contributed by atoms with Crippen molar-refractivity contribution < 1.29 is 23.9 Å². The van der Waals surface area contributed by atoms with E-state index in [0.717, 1.165) is 11.1 Å². The third-order valence-corrected chi connectivity index (χ3v) is 3.52. The van der Waals surface area contributed by atoms with Gasteiger partial charge in [-0.1, -0.05) is 25.1 Å². The first kappa shape index (κ1) is 18.7. The molecular formula is C17H23NO5. The first-order chi connectivity index (χ1) is 10.8. The molecule has 0 aliphatic heterocycles. The number of nitrogens with zero attached hydrogens (tertiary/aromatic N) is 1. The Hall–Kier alpha value is -2.37. The van der Waals surface area contributed by atoms with E-state index in [0.29, 0.717) is 12.1 Å². The summed E-state index contributed by atoms with van der Waals surface area (Å²) in [6, 6.07) is 4.82. The topological polar surface area (TPSA) is 72.9 Å². The summed E-state index contributed by atoms with van der Waals surface area (Å²) in [4.78, 5) is 37.1. The second kappa shape index (κ2) is 8.31. The van der Waals surface area contributed by atoms with E-state index < -0.39 is 30.5 Å². The highest BCUT2D eigenvalue weighted by molar-refractivity contribution is 6.01. The number of esters is 2. The zero-order chi connectivity index (χ0) is 17.6. The van der Waals surface area contributed by atoms with Crippen LogP contribution >= 0.6 is 0 Å². The minimum atomic E-state index is -0.775. The van der Waals surface area contributed by atoms with Gasteiger partial charge < -0.3 is 9.47 Å². The molecule has 0 spiro atoms. The number of amides is 1. The highest BCUT2D eigenvalue weighted by Gasteiger charge is 2.32. The van der Waals surface area contributed by atoms with E-state index in [1.807, 2.05) is 32.0 Å². The lowest BCUT2D eigenvalue weighted by molar-refractivity contribution is -0.147. The van der Waals surface area contributed by atoms with Crippen LogP contribution in [-0.2, 0) is 23.9 Å². The van der Waals surface area contributed by atoms with Gasteiger partial charge in [-0.25, -0.2) is 4.79 Å². The van der Waals surface area contributed by atoms with Gasteiger partial charge in [-0.05, 0) is 31.4 Å². The van der Waals surface area contributed by atoms with Crippen LogP contribution < -0.4 is 4.90 Å². The third kappa shape index (κ3) is 4.55. The molecule has 1 atom stereocenters. The molecule has 1 rings (SSSR count). The summed E-state index contributed by atoms with van der Waals surface area (Å²) in [7, 11) is 1.28. The standard InChI is InChI=1S/C17H23NO5/c1-6-14(17(21)22-5)18(15(20)10-23-13(4)19)16-11(2)8-7-9-12(16)3/h7-9,14H,6,10H2,1-5H3. The molecule has 0 heterocycles. The van der Waals surface area contributed by atoms with Crippen LogP contribution in [0.3, 0.4) is 0 Å². The molecule has 1 unspecified atom stereocenters. The normalized spacial score (nSPS) is 11.5. The lowest BCUT2D eigenvalue weighted by Gasteiger charge is -2.31. The van der Waals surface area contributed by atoms with Gasteiger partial charge in [0.2, 0.25) is 0 Å². The highest BCUT2D eigenvalue weighted by atomic mass is 16.5. The first-order valence-corrected chi connectivity index (χ1v) is 7.42. The summed E-state index contributed by atoms with van der Waals surface area (Å²) in [6.45, 7) is 6.32. The SMILES string of the molecule is CCC(C(=O)OC)N(C(=O)COC(C)=O)c1c(C)cccc1C. The van der Waals surface area contributed by atoms with E-state index >= 15 is 0 Å². The minimum Gasteiger partial charge on any atom is -0.467 e. The van der Waals surface area contributed by atoms with Gasteiger partial charge in [-0.2, -0.15) is 0 Å². The Morgan fingerprint density at radius 1 is 1.17 bits per heavy atom. The van der Waals surface area contributed by atoms with Crippen molar-refractivity contribution >= 4 is 23.5 Å². The maximum atomic E-state index is 12.6. The van der Waals surface area contributed by atoms with Gasteiger partial charge in [0, 0.05) is 6.92 Å². The van der Waals surface area contributed by atoms with Crippen LogP contribution in [0.4, 0.5) is 5.69 Å². The summed E-state index contributed by atoms with van der Waals surface area (Å²) in [5.74, 6) is -1.52. The van der Waals surface area contributed by atoms with Crippen LogP contribution in [0.2, 0.25) is 0 Å². The number of para-hydroxylation sites is 1. The summed E-state index contributed by atoms with van der Waals surface area (Å²) in [6.07, 6.45) is 0.381. The fourth-order valence-corrected chi connectivity index (χ4v) is 2.46. The van der Waals surface area contributed by atoms with Gasteiger partial charge in [0.1, 0.15) is 6.04 Å². The molecule has 0 saturated heterocycles. The number of rotatable bonds is 6. The van der Waals surface area contributed by atoms with Gasteiger partial charge in [0.25, 0.3) is 5.91 Å². The van der Waals surface area contributed by atoms with E-state index in [9.17, 15) is 14.4 Å². The van der Waals surface area contributed by atoms with Crippen LogP contribution in [0.15, 0.2) is 18.2 Å². The molecule has 0 saturated carbocycles. The monoisotopic (exact) mass is 321 g/mol. The van der Waals surface area contributed by atoms with Gasteiger partial charge in [0.05, 0.1) is 12.8 Å². The molecular weight excluding hydrogens is 298 g/mol. The van der Waals surface area contributed by atoms with Crippen molar-refractivity contribution in [3.05, 3.63) is 29.3 Å². The van der Waals surface area contributed by atoms with Gasteiger partial charge in [-0.3, -0.25) is 14.5 Å². The number of hydrogen-bond acceptors (Lipinski definition) is 5. The number of carbonyl (C=O) groups excluding carboxylic acids is 3. The van der Waals surface area contributed by atoms with Crippen molar-refractivity contribution in [3.63, 3.8) is 0 Å². The number of ether oxygens (including phenoxy) is 2. The van der Waals surface area contributed by atoms with Crippen molar-refractivity contribution in [1.82, 2.24) is 0 Å². The molecule has 0 N–H and O–H groups in total. The maximum Gasteiger partial charge on any atom is 0.328 e. The van der Waals surface area contributed by atoms with E-state index in [2.05, 4.69) is 0 Å². The Balaban J connectivity index is 3.33. The Bertz CT molecular complexity index is 576. The maximum absolute atomic E-state index is 12.6. The largest absolute Gasteiger partial charge is 0.467 e. The number of hydrogen-bond donors (Lipinski definition) is 0. The van der Waals surface area contributed by atoms with E-state index in [4.69, 9.17) is 9.47 Å². The molecule has 1 aromatic carbocycles. The predicted molar refractivity (Wildman–Crippen MR) is 86.1 cm³/mol. The lowest BCUT2D eigenvalue weighted by Crippen LogP contribution is -2.48. The fraction of sp³-hybridized carbons (Fsp3) is 0.471. The number of benzene rings is 1. The Morgan fingerprint density at radius 2 is 1.74 bits per heavy atom. The van der Waals surface area contributed by atoms with Crippen LogP contribution in [0.1, 0.15) is 31.4 Å². The Kier molecular flexibility index (Phi) is 6.75. The second-order valence-electron chi connectivity index (χ2n) is 5.23. The summed E-state index contributed by atoms with van der Waals surface area (Å²) >= 11 is 0. The van der Waals surface area contributed by atoms with Crippen molar-refractivity contribution in [3.8, 4) is 0 Å². The number of methoxy groups -OCH3 is 1. The summed E-state index contributed by atoms with van der Waals surface area (Å²) < 4.78 is 9.63. The fourth-order valence-electron chi connectivity index (χ4n) is 2.46. The quantitative estimate of drug-likeness (QED) is 0.751. The predicted octanol–water partition coefficient (Wildman–Crippen LogP) is 2.15. The Labute approximate surface area is 136 Å². The number of carbonyl (C=O) groups is 3. The minimum absolute atomic E-state index is 0.381. The molecule has 6 heteroatoms. The molecule has 23 heavy (non-hydrogen) atoms. The van der Waals surface area contributed by atoms with Crippen molar-refractivity contribution in [2.24, 2.45) is 0 Å². The summed E-state index contributed by atoms with van der Waals surface area (Å²) in [5, 5.41) is 0. The molecule has 0 radical (unpaired) electrons. The van der Waals surface area contributed by atoms with E-state index in [-0.39, 0.29) is 0 Å². The molecule has 6 nitrogen and oxygen atoms in total. The van der Waals surface area contributed by atoms with E-state index in [1.54, 1.807) is 6.92 Å². The van der Waals surface area contributed by atoms with Gasteiger partial charge in [0.15, 0.2) is 6.61 Å². The third-order valence-electron chi connectivity index (χ3n) is 3.52. The average molecular weight is 321 g/mol. The van der Waals surface area contributed by atoms with E-state index in [1.165, 1.54) is 18.9 Å². The van der Waals surface area contributed by atoms with Crippen LogP contribution in [0.25, 0.3) is 0 Å². The molecule has 1 aromatic rings. The molecule has 126 valence electrons. The number of aryl methyl sites for hydroxylation is 2. The molecule has 0 aromatic heterocycles. The van der Waals surface area contributed by atoms with Crippen LogP contribution in [0.5, 0.6) is 0 Å². The Morgan fingerprint density at radius 3 is 2.17 bits per heavy atom. The molecule has 0 fully saturated rings. The highest BCUT2D eigenvalue weighted by Crippen LogP contribution is 2.28. The molecule has 0 bridgehead atoms. The molecule has 1 amide bonds. The number of anilines is 1. The van der Waals surface area contributed by atoms with Crippen LogP contribution in [-0.4, -0.2) is 37.6 Å². The molecule has 0 aliphatic rings. The smallest absolute Gasteiger partial charge is 0.328 e. The zero-order valence-corrected chi connectivity index (χ0v) is 14.2. The van der Waals surface area contributed by atoms with Crippen LogP contribution in [0, 0.1) is 13.8 Å². The zero-order valence-electron chi connectivity index (χ0n) is 14.2.